The average molecular weight is 523 g/mol. The molecule has 190 valence electrons. The van der Waals surface area contributed by atoms with Crippen LogP contribution in [0.25, 0.3) is 10.9 Å². The van der Waals surface area contributed by atoms with Crippen molar-refractivity contribution >= 4 is 40.2 Å². The summed E-state index contributed by atoms with van der Waals surface area (Å²) in [6.07, 6.45) is 3.99. The van der Waals surface area contributed by atoms with E-state index in [2.05, 4.69) is 45.3 Å². The number of hydrogen-bond acceptors (Lipinski definition) is 5. The van der Waals surface area contributed by atoms with Crippen LogP contribution >= 0.6 is 11.8 Å². The molecule has 0 spiro atoms. The summed E-state index contributed by atoms with van der Waals surface area (Å²) < 4.78 is 7.91. The van der Waals surface area contributed by atoms with Crippen LogP contribution in [-0.4, -0.2) is 40.2 Å². The highest BCUT2D eigenvalue weighted by Crippen LogP contribution is 2.37. The lowest BCUT2D eigenvalue weighted by Gasteiger charge is -2.21. The summed E-state index contributed by atoms with van der Waals surface area (Å²) >= 11 is 1.57. The molecule has 8 heteroatoms. The summed E-state index contributed by atoms with van der Waals surface area (Å²) in [7, 11) is 1.76. The van der Waals surface area contributed by atoms with E-state index in [-0.39, 0.29) is 11.7 Å². The zero-order chi connectivity index (χ0) is 26.1. The van der Waals surface area contributed by atoms with E-state index in [1.807, 2.05) is 54.6 Å². The van der Waals surface area contributed by atoms with Crippen molar-refractivity contribution in [2.75, 3.05) is 17.7 Å². The van der Waals surface area contributed by atoms with Crippen LogP contribution in [0.3, 0.4) is 0 Å². The number of rotatable bonds is 6. The fraction of sp³-hybridized carbons (Fsp3) is 0.167. The van der Waals surface area contributed by atoms with Crippen LogP contribution in [0.5, 0.6) is 0 Å². The summed E-state index contributed by atoms with van der Waals surface area (Å²) in [4.78, 5) is 33.2. The summed E-state index contributed by atoms with van der Waals surface area (Å²) in [5.74, 6) is 0.345. The van der Waals surface area contributed by atoms with Crippen molar-refractivity contribution in [3.05, 3.63) is 114 Å². The topological polar surface area (TPSA) is 80.4 Å². The molecule has 7 nitrogen and oxygen atoms in total. The van der Waals surface area contributed by atoms with Crippen LogP contribution in [-0.2, 0) is 17.8 Å². The molecule has 1 N–H and O–H groups in total. The van der Waals surface area contributed by atoms with Crippen molar-refractivity contribution in [1.82, 2.24) is 14.9 Å². The molecule has 5 aromatic rings. The molecule has 0 fully saturated rings. The lowest BCUT2D eigenvalue weighted by molar-refractivity contribution is -0.119. The van der Waals surface area contributed by atoms with Crippen molar-refractivity contribution in [2.24, 2.45) is 0 Å². The van der Waals surface area contributed by atoms with E-state index >= 15 is 0 Å². The summed E-state index contributed by atoms with van der Waals surface area (Å²) in [5.41, 5.74) is 4.21. The molecule has 0 unspecified atom stereocenters. The average Bonchev–Trinajstić information content (AvgIpc) is 3.55. The molecular formula is C30H26N4O3S. The maximum Gasteiger partial charge on any atom is 0.289 e. The van der Waals surface area contributed by atoms with E-state index in [0.717, 1.165) is 33.6 Å². The quantitative estimate of drug-likeness (QED) is 0.334. The predicted molar refractivity (Wildman–Crippen MR) is 149 cm³/mol. The number of nitrogens with one attached hydrogen (secondary N) is 1. The Morgan fingerprint density at radius 3 is 2.55 bits per heavy atom. The molecule has 3 aromatic carbocycles. The maximum absolute atomic E-state index is 13.4. The second-order valence-electron chi connectivity index (χ2n) is 9.32. The number of benzene rings is 3. The number of anilines is 1. The molecule has 3 heterocycles. The van der Waals surface area contributed by atoms with E-state index in [4.69, 9.17) is 4.42 Å². The van der Waals surface area contributed by atoms with Gasteiger partial charge in [0, 0.05) is 47.8 Å². The Labute approximate surface area is 224 Å². The number of carbonyl (C=O) groups excluding carboxylic acids is 2. The number of carbonyl (C=O) groups is 2. The number of nitrogens with zero attached hydrogens (tertiary/aromatic N) is 3. The van der Waals surface area contributed by atoms with E-state index in [1.54, 1.807) is 23.7 Å². The van der Waals surface area contributed by atoms with Gasteiger partial charge in [-0.2, -0.15) is 0 Å². The van der Waals surface area contributed by atoms with E-state index in [9.17, 15) is 9.59 Å². The normalized spacial score (nSPS) is 15.3. The van der Waals surface area contributed by atoms with Gasteiger partial charge in [0.15, 0.2) is 5.89 Å². The van der Waals surface area contributed by atoms with Crippen LogP contribution in [0.4, 0.5) is 5.69 Å². The van der Waals surface area contributed by atoms with Gasteiger partial charge in [-0.25, -0.2) is 4.98 Å². The third kappa shape index (κ3) is 4.82. The van der Waals surface area contributed by atoms with E-state index in [0.29, 0.717) is 18.1 Å². The van der Waals surface area contributed by atoms with Crippen LogP contribution in [0.1, 0.15) is 27.6 Å². The minimum Gasteiger partial charge on any atom is -0.435 e. The smallest absolute Gasteiger partial charge is 0.289 e. The molecule has 0 saturated heterocycles. The van der Waals surface area contributed by atoms with Gasteiger partial charge >= 0.3 is 0 Å². The predicted octanol–water partition coefficient (Wildman–Crippen LogP) is 5.14. The molecule has 1 atom stereocenters. The summed E-state index contributed by atoms with van der Waals surface area (Å²) in [6.45, 7) is 0.769. The Morgan fingerprint density at radius 1 is 1.05 bits per heavy atom. The van der Waals surface area contributed by atoms with Gasteiger partial charge in [-0.15, -0.1) is 11.8 Å². The van der Waals surface area contributed by atoms with Gasteiger partial charge in [-0.1, -0.05) is 60.7 Å². The minimum absolute atomic E-state index is 0.0961. The van der Waals surface area contributed by atoms with Gasteiger partial charge in [0.05, 0.1) is 11.9 Å². The second-order valence-corrected chi connectivity index (χ2v) is 10.4. The minimum atomic E-state index is -0.696. The fourth-order valence-corrected chi connectivity index (χ4v) is 5.81. The van der Waals surface area contributed by atoms with Crippen molar-refractivity contribution in [3.63, 3.8) is 0 Å². The summed E-state index contributed by atoms with van der Waals surface area (Å²) in [6, 6.07) is 25.7. The molecule has 0 saturated carbocycles. The number of likely N-dealkylation sites (N-methyl/N-ethyl adjacent to an activating group) is 1. The first-order valence-corrected chi connectivity index (χ1v) is 13.4. The molecule has 1 aliphatic rings. The molecule has 6 rings (SSSR count). The third-order valence-corrected chi connectivity index (χ3v) is 7.86. The first kappa shape index (κ1) is 24.1. The molecule has 2 aromatic heterocycles. The van der Waals surface area contributed by atoms with Crippen LogP contribution in [0.15, 0.2) is 101 Å². The van der Waals surface area contributed by atoms with Crippen molar-refractivity contribution in [2.45, 2.75) is 23.9 Å². The molecule has 0 aliphatic carbocycles. The number of amides is 2. The monoisotopic (exact) mass is 522 g/mol. The number of hydrogen-bond donors (Lipinski definition) is 1. The second kappa shape index (κ2) is 10.2. The van der Waals surface area contributed by atoms with Gasteiger partial charge < -0.3 is 19.2 Å². The van der Waals surface area contributed by atoms with Gasteiger partial charge in [0.2, 0.25) is 11.7 Å². The van der Waals surface area contributed by atoms with Crippen molar-refractivity contribution < 1.29 is 14.0 Å². The maximum atomic E-state index is 13.4. The lowest BCUT2D eigenvalue weighted by Crippen LogP contribution is -2.48. The Morgan fingerprint density at radius 2 is 1.79 bits per heavy atom. The SMILES string of the molecule is CN1C(=O)[C@@H](NC(=O)c2cnc(Cc3ccccc3)o2)CSc2cc3c(ccn3Cc3ccccc3)cc21. The first-order valence-electron chi connectivity index (χ1n) is 12.4. The van der Waals surface area contributed by atoms with Crippen LogP contribution in [0.2, 0.25) is 0 Å². The molecule has 0 bridgehead atoms. The van der Waals surface area contributed by atoms with Crippen LogP contribution in [0, 0.1) is 0 Å². The zero-order valence-electron chi connectivity index (χ0n) is 20.8. The Hall–Kier alpha value is -4.30. The third-order valence-electron chi connectivity index (χ3n) is 6.72. The number of thioether (sulfide) groups is 1. The number of fused-ring (bicyclic) bond motifs is 2. The molecule has 0 radical (unpaired) electrons. The van der Waals surface area contributed by atoms with Gasteiger partial charge in [0.1, 0.15) is 6.04 Å². The van der Waals surface area contributed by atoms with Crippen LogP contribution < -0.4 is 10.2 Å². The van der Waals surface area contributed by atoms with Crippen molar-refractivity contribution in [1.29, 1.82) is 0 Å². The van der Waals surface area contributed by atoms with Gasteiger partial charge in [-0.05, 0) is 29.3 Å². The Bertz CT molecular complexity index is 1610. The lowest BCUT2D eigenvalue weighted by atomic mass is 10.2. The summed E-state index contributed by atoms with van der Waals surface area (Å²) in [5, 5.41) is 3.92. The number of aromatic nitrogens is 2. The number of oxazole rings is 1. The van der Waals surface area contributed by atoms with Crippen molar-refractivity contribution in [3.8, 4) is 0 Å². The Balaban J connectivity index is 1.18. The Kier molecular flexibility index (Phi) is 6.47. The standard InChI is InChI=1S/C30H26N4O3S/c1-33-25-15-22-12-13-34(18-21-10-6-3-7-11-21)24(22)16-27(25)38-19-23(30(33)36)32-29(35)26-17-31-28(37-26)14-20-8-4-2-5-9-20/h2-13,15-17,23H,14,18-19H2,1H3,(H,32,35)/t23-/m0/s1. The molecule has 38 heavy (non-hydrogen) atoms. The highest BCUT2D eigenvalue weighted by atomic mass is 32.2. The molecule has 1 aliphatic heterocycles. The van der Waals surface area contributed by atoms with Gasteiger partial charge in [-0.3, -0.25) is 9.59 Å². The highest BCUT2D eigenvalue weighted by Gasteiger charge is 2.31. The van der Waals surface area contributed by atoms with Gasteiger partial charge in [0.25, 0.3) is 5.91 Å². The fourth-order valence-electron chi connectivity index (χ4n) is 4.70. The largest absolute Gasteiger partial charge is 0.435 e. The first-order chi connectivity index (χ1) is 18.5. The highest BCUT2D eigenvalue weighted by molar-refractivity contribution is 7.99. The molecular weight excluding hydrogens is 496 g/mol. The molecule has 2 amide bonds. The van der Waals surface area contributed by atoms with E-state index in [1.165, 1.54) is 11.8 Å². The zero-order valence-corrected chi connectivity index (χ0v) is 21.7. The van der Waals surface area contributed by atoms with E-state index < -0.39 is 11.9 Å².